The summed E-state index contributed by atoms with van der Waals surface area (Å²) in [5.41, 5.74) is -0.308. The highest BCUT2D eigenvalue weighted by Crippen LogP contribution is 2.35. The molecule has 1 aliphatic heterocycles. The van der Waals surface area contributed by atoms with Crippen molar-refractivity contribution in [1.82, 2.24) is 4.90 Å². The molecule has 1 N–H and O–H groups in total. The average molecular weight is 185 g/mol. The van der Waals surface area contributed by atoms with Crippen LogP contribution in [0.1, 0.15) is 20.8 Å². The molecule has 0 aromatic carbocycles. The Hall–Kier alpha value is -1.06. The SMILES string of the molecule is CC(=O)N1C[C@@H](C(=O)O)C(C)(C)C1. The second-order valence-corrected chi connectivity index (χ2v) is 4.28. The second-order valence-electron chi connectivity index (χ2n) is 4.28. The maximum atomic E-state index is 11.0. The minimum atomic E-state index is -0.811. The second kappa shape index (κ2) is 3.01. The Morgan fingerprint density at radius 2 is 2.00 bits per heavy atom. The van der Waals surface area contributed by atoms with Gasteiger partial charge in [0.2, 0.25) is 5.91 Å². The van der Waals surface area contributed by atoms with Gasteiger partial charge in [-0.2, -0.15) is 0 Å². The van der Waals surface area contributed by atoms with Crippen molar-refractivity contribution in [3.8, 4) is 0 Å². The Labute approximate surface area is 77.5 Å². The van der Waals surface area contributed by atoms with Crippen molar-refractivity contribution in [3.63, 3.8) is 0 Å². The predicted octanol–water partition coefficient (Wildman–Crippen LogP) is 0.575. The number of aliphatic carboxylic acids is 1. The molecule has 1 heterocycles. The van der Waals surface area contributed by atoms with Gasteiger partial charge in [0, 0.05) is 20.0 Å². The van der Waals surface area contributed by atoms with Crippen LogP contribution in [0.4, 0.5) is 0 Å². The monoisotopic (exact) mass is 185 g/mol. The lowest BCUT2D eigenvalue weighted by atomic mass is 9.82. The molecule has 0 aromatic heterocycles. The molecule has 0 spiro atoms. The van der Waals surface area contributed by atoms with Gasteiger partial charge in [-0.25, -0.2) is 0 Å². The highest BCUT2D eigenvalue weighted by atomic mass is 16.4. The van der Waals surface area contributed by atoms with Crippen LogP contribution < -0.4 is 0 Å². The summed E-state index contributed by atoms with van der Waals surface area (Å²) < 4.78 is 0. The van der Waals surface area contributed by atoms with Crippen molar-refractivity contribution in [1.29, 1.82) is 0 Å². The molecule has 1 saturated heterocycles. The molecule has 1 rings (SSSR count). The number of hydrogen-bond donors (Lipinski definition) is 1. The predicted molar refractivity (Wildman–Crippen MR) is 47.2 cm³/mol. The molecule has 0 aliphatic carbocycles. The van der Waals surface area contributed by atoms with E-state index in [4.69, 9.17) is 5.11 Å². The third-order valence-electron chi connectivity index (χ3n) is 2.69. The van der Waals surface area contributed by atoms with E-state index in [1.54, 1.807) is 4.90 Å². The molecule has 1 fully saturated rings. The van der Waals surface area contributed by atoms with E-state index >= 15 is 0 Å². The van der Waals surface area contributed by atoms with Crippen LogP contribution in [0.5, 0.6) is 0 Å². The van der Waals surface area contributed by atoms with Gasteiger partial charge in [-0.15, -0.1) is 0 Å². The normalized spacial score (nSPS) is 26.1. The van der Waals surface area contributed by atoms with E-state index in [2.05, 4.69) is 0 Å². The largest absolute Gasteiger partial charge is 0.481 e. The Bertz CT molecular complexity index is 247. The molecular formula is C9H15NO3. The molecule has 0 unspecified atom stereocenters. The zero-order chi connectivity index (χ0) is 10.2. The lowest BCUT2D eigenvalue weighted by molar-refractivity contribution is -0.144. The summed E-state index contributed by atoms with van der Waals surface area (Å²) in [7, 11) is 0. The summed E-state index contributed by atoms with van der Waals surface area (Å²) in [5.74, 6) is -1.29. The van der Waals surface area contributed by atoms with Crippen molar-refractivity contribution >= 4 is 11.9 Å². The minimum Gasteiger partial charge on any atom is -0.481 e. The summed E-state index contributed by atoms with van der Waals surface area (Å²) >= 11 is 0. The van der Waals surface area contributed by atoms with Gasteiger partial charge in [-0.05, 0) is 5.41 Å². The molecule has 4 nitrogen and oxygen atoms in total. The Morgan fingerprint density at radius 3 is 2.23 bits per heavy atom. The summed E-state index contributed by atoms with van der Waals surface area (Å²) in [6.07, 6.45) is 0. The molecule has 1 atom stereocenters. The number of nitrogens with zero attached hydrogens (tertiary/aromatic N) is 1. The summed E-state index contributed by atoms with van der Waals surface area (Å²) in [6.45, 7) is 6.13. The molecular weight excluding hydrogens is 170 g/mol. The van der Waals surface area contributed by atoms with Gasteiger partial charge in [-0.1, -0.05) is 13.8 Å². The van der Waals surface area contributed by atoms with Gasteiger partial charge in [0.15, 0.2) is 0 Å². The number of amides is 1. The first-order valence-corrected chi connectivity index (χ1v) is 4.33. The van der Waals surface area contributed by atoms with Crippen LogP contribution in [0, 0.1) is 11.3 Å². The van der Waals surface area contributed by atoms with Gasteiger partial charge >= 0.3 is 5.97 Å². The molecule has 0 saturated carbocycles. The fraction of sp³-hybridized carbons (Fsp3) is 0.778. The van der Waals surface area contributed by atoms with Crippen LogP contribution in [0.15, 0.2) is 0 Å². The zero-order valence-electron chi connectivity index (χ0n) is 8.20. The van der Waals surface area contributed by atoms with Gasteiger partial charge < -0.3 is 10.0 Å². The van der Waals surface area contributed by atoms with E-state index in [0.29, 0.717) is 13.1 Å². The maximum Gasteiger partial charge on any atom is 0.308 e. The summed E-state index contributed by atoms with van der Waals surface area (Å²) in [6, 6.07) is 0. The number of carbonyl (C=O) groups is 2. The molecule has 1 aliphatic rings. The van der Waals surface area contributed by atoms with Crippen LogP contribution in [0.25, 0.3) is 0 Å². The third-order valence-corrected chi connectivity index (χ3v) is 2.69. The van der Waals surface area contributed by atoms with Crippen molar-refractivity contribution < 1.29 is 14.7 Å². The Morgan fingerprint density at radius 1 is 1.46 bits per heavy atom. The van der Waals surface area contributed by atoms with Crippen molar-refractivity contribution in [2.75, 3.05) is 13.1 Å². The molecule has 4 heteroatoms. The van der Waals surface area contributed by atoms with Crippen LogP contribution in [0.3, 0.4) is 0 Å². The van der Waals surface area contributed by atoms with Crippen LogP contribution in [0.2, 0.25) is 0 Å². The summed E-state index contributed by atoms with van der Waals surface area (Å²) in [4.78, 5) is 23.5. The molecule has 1 amide bonds. The van der Waals surface area contributed by atoms with Gasteiger partial charge in [0.05, 0.1) is 5.92 Å². The van der Waals surface area contributed by atoms with Crippen molar-refractivity contribution in [2.24, 2.45) is 11.3 Å². The number of carbonyl (C=O) groups excluding carboxylic acids is 1. The molecule has 0 aromatic rings. The fourth-order valence-corrected chi connectivity index (χ4v) is 1.79. The highest BCUT2D eigenvalue weighted by molar-refractivity contribution is 5.77. The van der Waals surface area contributed by atoms with Gasteiger partial charge in [0.1, 0.15) is 0 Å². The van der Waals surface area contributed by atoms with Crippen molar-refractivity contribution in [3.05, 3.63) is 0 Å². The van der Waals surface area contributed by atoms with E-state index in [9.17, 15) is 9.59 Å². The zero-order valence-corrected chi connectivity index (χ0v) is 8.20. The van der Waals surface area contributed by atoms with E-state index < -0.39 is 11.9 Å². The Kier molecular flexibility index (Phi) is 2.32. The van der Waals surface area contributed by atoms with Crippen LogP contribution in [-0.2, 0) is 9.59 Å². The van der Waals surface area contributed by atoms with E-state index in [0.717, 1.165) is 0 Å². The quantitative estimate of drug-likeness (QED) is 0.650. The lowest BCUT2D eigenvalue weighted by Gasteiger charge is -2.21. The highest BCUT2D eigenvalue weighted by Gasteiger charge is 2.44. The smallest absolute Gasteiger partial charge is 0.308 e. The minimum absolute atomic E-state index is 0.0446. The third kappa shape index (κ3) is 1.82. The van der Waals surface area contributed by atoms with Crippen LogP contribution in [-0.4, -0.2) is 35.0 Å². The average Bonchev–Trinajstić information content (AvgIpc) is 2.25. The number of likely N-dealkylation sites (tertiary alicyclic amines) is 1. The number of carboxylic acid groups (broad SMARTS) is 1. The van der Waals surface area contributed by atoms with E-state index in [1.165, 1.54) is 6.92 Å². The number of rotatable bonds is 1. The van der Waals surface area contributed by atoms with Crippen molar-refractivity contribution in [2.45, 2.75) is 20.8 Å². The first kappa shape index (κ1) is 10.0. The first-order valence-electron chi connectivity index (χ1n) is 4.33. The van der Waals surface area contributed by atoms with E-state index in [1.807, 2.05) is 13.8 Å². The topological polar surface area (TPSA) is 57.6 Å². The first-order chi connectivity index (χ1) is 5.84. The number of hydrogen-bond acceptors (Lipinski definition) is 2. The molecule has 13 heavy (non-hydrogen) atoms. The molecule has 0 bridgehead atoms. The maximum absolute atomic E-state index is 11.0. The number of carboxylic acids is 1. The summed E-state index contributed by atoms with van der Waals surface area (Å²) in [5, 5.41) is 8.91. The van der Waals surface area contributed by atoms with E-state index in [-0.39, 0.29) is 11.3 Å². The molecule has 74 valence electrons. The lowest BCUT2D eigenvalue weighted by Crippen LogP contribution is -2.28. The fourth-order valence-electron chi connectivity index (χ4n) is 1.79. The standard InChI is InChI=1S/C9H15NO3/c1-6(11)10-4-7(8(12)13)9(2,3)5-10/h7H,4-5H2,1-3H3,(H,12,13)/t7-/m0/s1. The molecule has 0 radical (unpaired) electrons. The van der Waals surface area contributed by atoms with Gasteiger partial charge in [0.25, 0.3) is 0 Å². The van der Waals surface area contributed by atoms with Gasteiger partial charge in [-0.3, -0.25) is 9.59 Å². The van der Waals surface area contributed by atoms with Crippen LogP contribution >= 0.6 is 0 Å². The Balaban J connectivity index is 2.79.